The molecule has 0 bridgehead atoms. The Hall–Kier alpha value is -2.33. The molecule has 0 saturated heterocycles. The first-order valence-electron chi connectivity index (χ1n) is 6.10. The first-order chi connectivity index (χ1) is 9.25. The lowest BCUT2D eigenvalue weighted by Gasteiger charge is -2.09. The zero-order chi connectivity index (χ0) is 13.5. The van der Waals surface area contributed by atoms with Gasteiger partial charge in [0.2, 0.25) is 0 Å². The average Bonchev–Trinajstić information content (AvgIpc) is 2.47. The van der Waals surface area contributed by atoms with Crippen molar-refractivity contribution in [1.29, 1.82) is 0 Å². The van der Waals surface area contributed by atoms with Crippen LogP contribution in [-0.2, 0) is 0 Å². The summed E-state index contributed by atoms with van der Waals surface area (Å²) < 4.78 is 0. The normalized spacial score (nSPS) is 13.0. The molecule has 1 atom stereocenters. The quantitative estimate of drug-likeness (QED) is 0.579. The van der Waals surface area contributed by atoms with Crippen molar-refractivity contribution in [3.8, 4) is 0 Å². The molecule has 4 heteroatoms. The van der Waals surface area contributed by atoms with Gasteiger partial charge in [-0.15, -0.1) is 0 Å². The highest BCUT2D eigenvalue weighted by Crippen LogP contribution is 2.12. The summed E-state index contributed by atoms with van der Waals surface area (Å²) in [7, 11) is 0. The molecule has 4 N–H and O–H groups in total. The van der Waals surface area contributed by atoms with E-state index in [1.54, 1.807) is 0 Å². The van der Waals surface area contributed by atoms with Crippen LogP contribution >= 0.6 is 0 Å². The molecular weight excluding hydrogens is 238 g/mol. The summed E-state index contributed by atoms with van der Waals surface area (Å²) in [6, 6.07) is 18.9. The van der Waals surface area contributed by atoms with Crippen LogP contribution in [0.3, 0.4) is 0 Å². The minimum Gasteiger partial charge on any atom is -0.386 e. The lowest BCUT2D eigenvalue weighted by Crippen LogP contribution is -2.23. The molecule has 0 fully saturated rings. The summed E-state index contributed by atoms with van der Waals surface area (Å²) in [6.45, 7) is 0.232. The van der Waals surface area contributed by atoms with Crippen molar-refractivity contribution in [2.75, 3.05) is 11.9 Å². The van der Waals surface area contributed by atoms with Gasteiger partial charge in [0.25, 0.3) is 0 Å². The fourth-order valence-corrected chi connectivity index (χ4v) is 1.67. The Labute approximate surface area is 112 Å². The summed E-state index contributed by atoms with van der Waals surface area (Å²) in [4.78, 5) is 4.13. The molecule has 0 saturated carbocycles. The highest BCUT2D eigenvalue weighted by Gasteiger charge is 2.05. The summed E-state index contributed by atoms with van der Waals surface area (Å²) in [6.07, 6.45) is -0.641. The van der Waals surface area contributed by atoms with E-state index < -0.39 is 6.10 Å². The van der Waals surface area contributed by atoms with E-state index in [9.17, 15) is 5.11 Å². The number of rotatable bonds is 4. The minimum atomic E-state index is -0.641. The van der Waals surface area contributed by atoms with Gasteiger partial charge in [0.15, 0.2) is 5.96 Å². The highest BCUT2D eigenvalue weighted by atomic mass is 16.3. The monoisotopic (exact) mass is 255 g/mol. The fourth-order valence-electron chi connectivity index (χ4n) is 1.67. The number of guanidine groups is 1. The van der Waals surface area contributed by atoms with E-state index in [2.05, 4.69) is 10.3 Å². The summed E-state index contributed by atoms with van der Waals surface area (Å²) in [5.74, 6) is 0.293. The standard InChI is InChI=1S/C15H17N3O/c16-15(18-13-9-5-2-6-10-13)17-11-14(19)12-7-3-1-4-8-12/h1-10,14,19H,11H2,(H3,16,17,18). The number of para-hydroxylation sites is 1. The second-order valence-electron chi connectivity index (χ2n) is 4.14. The summed E-state index contributed by atoms with van der Waals surface area (Å²) >= 11 is 0. The van der Waals surface area contributed by atoms with Crippen LogP contribution in [-0.4, -0.2) is 17.6 Å². The minimum absolute atomic E-state index is 0.232. The van der Waals surface area contributed by atoms with Crippen molar-refractivity contribution in [2.45, 2.75) is 6.10 Å². The predicted molar refractivity (Wildman–Crippen MR) is 78.0 cm³/mol. The Bertz CT molecular complexity index is 526. The van der Waals surface area contributed by atoms with Gasteiger partial charge < -0.3 is 16.2 Å². The Morgan fingerprint density at radius 1 is 1.05 bits per heavy atom. The summed E-state index contributed by atoms with van der Waals surface area (Å²) in [5, 5.41) is 12.9. The van der Waals surface area contributed by atoms with Crippen LogP contribution in [0, 0.1) is 0 Å². The van der Waals surface area contributed by atoms with Gasteiger partial charge in [-0.3, -0.25) is 4.99 Å². The van der Waals surface area contributed by atoms with Crippen LogP contribution in [0.2, 0.25) is 0 Å². The molecule has 2 aromatic rings. The molecule has 2 aromatic carbocycles. The molecule has 19 heavy (non-hydrogen) atoms. The molecule has 1 unspecified atom stereocenters. The van der Waals surface area contributed by atoms with Crippen molar-refractivity contribution in [3.05, 3.63) is 66.2 Å². The molecule has 0 aliphatic heterocycles. The number of aliphatic imine (C=N–C) groups is 1. The Morgan fingerprint density at radius 3 is 2.26 bits per heavy atom. The number of nitrogens with zero attached hydrogens (tertiary/aromatic N) is 1. The van der Waals surface area contributed by atoms with E-state index in [1.807, 2.05) is 60.7 Å². The van der Waals surface area contributed by atoms with Crippen LogP contribution in [0.5, 0.6) is 0 Å². The predicted octanol–water partition coefficient (Wildman–Crippen LogP) is 2.15. The maximum atomic E-state index is 9.95. The SMILES string of the molecule is NC(=NCC(O)c1ccccc1)Nc1ccccc1. The number of benzene rings is 2. The Balaban J connectivity index is 1.91. The fraction of sp³-hybridized carbons (Fsp3) is 0.133. The zero-order valence-corrected chi connectivity index (χ0v) is 10.5. The highest BCUT2D eigenvalue weighted by molar-refractivity contribution is 5.92. The smallest absolute Gasteiger partial charge is 0.193 e. The number of aliphatic hydroxyl groups excluding tert-OH is 1. The van der Waals surface area contributed by atoms with E-state index in [0.717, 1.165) is 11.3 Å². The first-order valence-corrected chi connectivity index (χ1v) is 6.10. The number of nitrogens with one attached hydrogen (secondary N) is 1. The molecule has 0 aliphatic rings. The summed E-state index contributed by atoms with van der Waals surface area (Å²) in [5.41, 5.74) is 7.47. The van der Waals surface area contributed by atoms with Crippen LogP contribution in [0.15, 0.2) is 65.7 Å². The van der Waals surface area contributed by atoms with Gasteiger partial charge in [-0.25, -0.2) is 0 Å². The van der Waals surface area contributed by atoms with E-state index in [4.69, 9.17) is 5.73 Å². The van der Waals surface area contributed by atoms with Crippen LogP contribution in [0.25, 0.3) is 0 Å². The molecule has 0 aromatic heterocycles. The largest absolute Gasteiger partial charge is 0.386 e. The van der Waals surface area contributed by atoms with Crippen LogP contribution in [0.4, 0.5) is 5.69 Å². The van der Waals surface area contributed by atoms with Gasteiger partial charge in [-0.1, -0.05) is 48.5 Å². The molecule has 0 radical (unpaired) electrons. The van der Waals surface area contributed by atoms with Gasteiger partial charge in [-0.2, -0.15) is 0 Å². The first kappa shape index (κ1) is 13.1. The molecule has 0 aliphatic carbocycles. The number of hydrogen-bond acceptors (Lipinski definition) is 2. The average molecular weight is 255 g/mol. The second kappa shape index (κ2) is 6.56. The van der Waals surface area contributed by atoms with Gasteiger partial charge in [0.1, 0.15) is 0 Å². The van der Waals surface area contributed by atoms with E-state index in [-0.39, 0.29) is 6.54 Å². The third-order valence-corrected chi connectivity index (χ3v) is 2.67. The Morgan fingerprint density at radius 2 is 1.63 bits per heavy atom. The van der Waals surface area contributed by atoms with Gasteiger partial charge >= 0.3 is 0 Å². The van der Waals surface area contributed by atoms with E-state index >= 15 is 0 Å². The molecule has 2 rings (SSSR count). The number of aliphatic hydroxyl groups is 1. The van der Waals surface area contributed by atoms with Gasteiger partial charge in [-0.05, 0) is 17.7 Å². The molecule has 0 heterocycles. The molecule has 0 amide bonds. The van der Waals surface area contributed by atoms with Gasteiger partial charge in [0.05, 0.1) is 12.6 Å². The van der Waals surface area contributed by atoms with E-state index in [0.29, 0.717) is 5.96 Å². The molecule has 4 nitrogen and oxygen atoms in total. The second-order valence-corrected chi connectivity index (χ2v) is 4.14. The molecule has 98 valence electrons. The van der Waals surface area contributed by atoms with Crippen LogP contribution < -0.4 is 11.1 Å². The number of hydrogen-bond donors (Lipinski definition) is 3. The third kappa shape index (κ3) is 4.12. The third-order valence-electron chi connectivity index (χ3n) is 2.67. The topological polar surface area (TPSA) is 70.6 Å². The van der Waals surface area contributed by atoms with Crippen molar-refractivity contribution < 1.29 is 5.11 Å². The van der Waals surface area contributed by atoms with E-state index in [1.165, 1.54) is 0 Å². The number of nitrogens with two attached hydrogens (primary N) is 1. The maximum absolute atomic E-state index is 9.95. The van der Waals surface area contributed by atoms with Crippen molar-refractivity contribution in [1.82, 2.24) is 0 Å². The van der Waals surface area contributed by atoms with Crippen molar-refractivity contribution in [2.24, 2.45) is 10.7 Å². The maximum Gasteiger partial charge on any atom is 0.193 e. The molecular formula is C15H17N3O. The molecule has 0 spiro atoms. The van der Waals surface area contributed by atoms with Crippen molar-refractivity contribution >= 4 is 11.6 Å². The van der Waals surface area contributed by atoms with Crippen molar-refractivity contribution in [3.63, 3.8) is 0 Å². The number of anilines is 1. The van der Waals surface area contributed by atoms with Crippen LogP contribution in [0.1, 0.15) is 11.7 Å². The Kier molecular flexibility index (Phi) is 4.53. The lowest BCUT2D eigenvalue weighted by molar-refractivity contribution is 0.187. The zero-order valence-electron chi connectivity index (χ0n) is 10.5. The van der Waals surface area contributed by atoms with Gasteiger partial charge in [0, 0.05) is 5.69 Å². The lowest BCUT2D eigenvalue weighted by atomic mass is 10.1.